The Kier molecular flexibility index (Phi) is 5.13. The minimum absolute atomic E-state index is 0.00442. The summed E-state index contributed by atoms with van der Waals surface area (Å²) in [6.07, 6.45) is 2.33. The van der Waals surface area contributed by atoms with Gasteiger partial charge in [-0.05, 0) is 18.4 Å². The lowest BCUT2D eigenvalue weighted by molar-refractivity contribution is -0.135. The summed E-state index contributed by atoms with van der Waals surface area (Å²) in [5.74, 6) is 0.202. The molecule has 1 unspecified atom stereocenters. The van der Waals surface area contributed by atoms with E-state index in [1.54, 1.807) is 17.7 Å². The average molecular weight is 320 g/mol. The Bertz CT molecular complexity index is 620. The van der Waals surface area contributed by atoms with Crippen LogP contribution in [0.5, 0.6) is 0 Å². The first-order chi connectivity index (χ1) is 11.2. The number of carbonyl (C=O) groups excluding carboxylic acids is 1. The van der Waals surface area contributed by atoms with Crippen molar-refractivity contribution in [2.45, 2.75) is 25.8 Å². The van der Waals surface area contributed by atoms with Gasteiger partial charge in [-0.3, -0.25) is 9.59 Å². The number of pyridine rings is 1. The van der Waals surface area contributed by atoms with E-state index in [1.807, 2.05) is 11.0 Å². The van der Waals surface area contributed by atoms with Crippen LogP contribution in [0.3, 0.4) is 0 Å². The Morgan fingerprint density at radius 2 is 2.17 bits per heavy atom. The number of carbonyl (C=O) groups is 1. The van der Waals surface area contributed by atoms with Gasteiger partial charge in [-0.1, -0.05) is 6.07 Å². The molecular weight excluding hydrogens is 296 g/mol. The van der Waals surface area contributed by atoms with E-state index in [-0.39, 0.29) is 17.4 Å². The summed E-state index contributed by atoms with van der Waals surface area (Å²) in [7, 11) is 1.64. The van der Waals surface area contributed by atoms with Gasteiger partial charge in [-0.25, -0.2) is 0 Å². The van der Waals surface area contributed by atoms with E-state index < -0.39 is 0 Å². The summed E-state index contributed by atoms with van der Waals surface area (Å²) < 4.78 is 12.2. The SMILES string of the molecule is COCCn1c2c(ccc1=O)CCN(C(=O)C1CCOC1)CC2. The molecule has 0 saturated carbocycles. The molecule has 2 aliphatic rings. The zero-order valence-corrected chi connectivity index (χ0v) is 13.6. The van der Waals surface area contributed by atoms with E-state index >= 15 is 0 Å². The Balaban J connectivity index is 1.76. The summed E-state index contributed by atoms with van der Waals surface area (Å²) >= 11 is 0. The van der Waals surface area contributed by atoms with Crippen molar-refractivity contribution < 1.29 is 14.3 Å². The highest BCUT2D eigenvalue weighted by atomic mass is 16.5. The molecule has 0 aliphatic carbocycles. The second-order valence-electron chi connectivity index (χ2n) is 6.17. The molecule has 1 amide bonds. The molecule has 0 radical (unpaired) electrons. The second-order valence-corrected chi connectivity index (χ2v) is 6.17. The van der Waals surface area contributed by atoms with Crippen LogP contribution in [0, 0.1) is 5.92 Å². The molecule has 126 valence electrons. The maximum absolute atomic E-state index is 12.6. The maximum Gasteiger partial charge on any atom is 0.250 e. The van der Waals surface area contributed by atoms with Gasteiger partial charge in [0.25, 0.3) is 5.56 Å². The van der Waals surface area contributed by atoms with Crippen molar-refractivity contribution >= 4 is 5.91 Å². The molecule has 0 aromatic carbocycles. The van der Waals surface area contributed by atoms with E-state index in [0.717, 1.165) is 18.5 Å². The quantitative estimate of drug-likeness (QED) is 0.809. The lowest BCUT2D eigenvalue weighted by Gasteiger charge is -2.23. The molecule has 0 bridgehead atoms. The minimum atomic E-state index is 0.00442. The molecule has 1 saturated heterocycles. The predicted octanol–water partition coefficient (Wildman–Crippen LogP) is 0.458. The summed E-state index contributed by atoms with van der Waals surface area (Å²) in [4.78, 5) is 26.7. The van der Waals surface area contributed by atoms with Crippen LogP contribution in [0.15, 0.2) is 16.9 Å². The molecule has 0 N–H and O–H groups in total. The zero-order chi connectivity index (χ0) is 16.2. The van der Waals surface area contributed by atoms with Gasteiger partial charge >= 0.3 is 0 Å². The molecule has 1 atom stereocenters. The summed E-state index contributed by atoms with van der Waals surface area (Å²) in [5, 5.41) is 0. The van der Waals surface area contributed by atoms with E-state index in [9.17, 15) is 9.59 Å². The Morgan fingerprint density at radius 1 is 1.35 bits per heavy atom. The van der Waals surface area contributed by atoms with Gasteiger partial charge in [0.15, 0.2) is 0 Å². The first-order valence-electron chi connectivity index (χ1n) is 8.27. The van der Waals surface area contributed by atoms with E-state index in [1.165, 1.54) is 5.56 Å². The fraction of sp³-hybridized carbons (Fsp3) is 0.647. The van der Waals surface area contributed by atoms with Crippen molar-refractivity contribution in [1.29, 1.82) is 0 Å². The second kappa shape index (κ2) is 7.27. The van der Waals surface area contributed by atoms with Crippen molar-refractivity contribution in [3.63, 3.8) is 0 Å². The lowest BCUT2D eigenvalue weighted by Crippen LogP contribution is -2.38. The monoisotopic (exact) mass is 320 g/mol. The molecule has 0 spiro atoms. The number of fused-ring (bicyclic) bond motifs is 1. The number of aromatic nitrogens is 1. The average Bonchev–Trinajstić information content (AvgIpc) is 3.01. The number of hydrogen-bond acceptors (Lipinski definition) is 4. The molecule has 3 rings (SSSR count). The minimum Gasteiger partial charge on any atom is -0.383 e. The largest absolute Gasteiger partial charge is 0.383 e. The van der Waals surface area contributed by atoms with Crippen LogP contribution in [0.4, 0.5) is 0 Å². The highest BCUT2D eigenvalue weighted by Crippen LogP contribution is 2.19. The van der Waals surface area contributed by atoms with Crippen molar-refractivity contribution in [3.8, 4) is 0 Å². The molecule has 3 heterocycles. The van der Waals surface area contributed by atoms with Crippen LogP contribution in [-0.4, -0.2) is 55.4 Å². The highest BCUT2D eigenvalue weighted by Gasteiger charge is 2.29. The number of methoxy groups -OCH3 is 1. The molecule has 1 fully saturated rings. The van der Waals surface area contributed by atoms with Gasteiger partial charge in [0.2, 0.25) is 5.91 Å². The van der Waals surface area contributed by atoms with Gasteiger partial charge in [-0.15, -0.1) is 0 Å². The van der Waals surface area contributed by atoms with E-state index in [0.29, 0.717) is 45.9 Å². The number of hydrogen-bond donors (Lipinski definition) is 0. The summed E-state index contributed by atoms with van der Waals surface area (Å²) in [5.41, 5.74) is 2.22. The van der Waals surface area contributed by atoms with E-state index in [4.69, 9.17) is 9.47 Å². The zero-order valence-electron chi connectivity index (χ0n) is 13.6. The fourth-order valence-electron chi connectivity index (χ4n) is 3.43. The molecule has 6 heteroatoms. The summed E-state index contributed by atoms with van der Waals surface area (Å²) in [6, 6.07) is 3.53. The molecule has 23 heavy (non-hydrogen) atoms. The molecule has 6 nitrogen and oxygen atoms in total. The fourth-order valence-corrected chi connectivity index (χ4v) is 3.43. The van der Waals surface area contributed by atoms with Crippen LogP contribution in [0.25, 0.3) is 0 Å². The topological polar surface area (TPSA) is 60.8 Å². The summed E-state index contributed by atoms with van der Waals surface area (Å²) in [6.45, 7) is 3.67. The van der Waals surface area contributed by atoms with Crippen molar-refractivity contribution in [3.05, 3.63) is 33.7 Å². The molecule has 1 aromatic rings. The van der Waals surface area contributed by atoms with Gasteiger partial charge in [0.05, 0.1) is 19.1 Å². The van der Waals surface area contributed by atoms with Crippen molar-refractivity contribution in [2.24, 2.45) is 5.92 Å². The van der Waals surface area contributed by atoms with Crippen LogP contribution in [-0.2, 0) is 33.7 Å². The van der Waals surface area contributed by atoms with Crippen LogP contribution in [0.1, 0.15) is 17.7 Å². The molecule has 1 aromatic heterocycles. The normalized spacial score (nSPS) is 21.1. The van der Waals surface area contributed by atoms with Gasteiger partial charge in [0, 0.05) is 51.5 Å². The lowest BCUT2D eigenvalue weighted by atomic mass is 10.1. The van der Waals surface area contributed by atoms with Gasteiger partial charge in [0.1, 0.15) is 0 Å². The molecule has 2 aliphatic heterocycles. The van der Waals surface area contributed by atoms with E-state index in [2.05, 4.69) is 0 Å². The van der Waals surface area contributed by atoms with Crippen LogP contribution in [0.2, 0.25) is 0 Å². The Labute approximate surface area is 136 Å². The van der Waals surface area contributed by atoms with Crippen LogP contribution < -0.4 is 5.56 Å². The van der Waals surface area contributed by atoms with Crippen molar-refractivity contribution in [2.75, 3.05) is 40.0 Å². The Hall–Kier alpha value is -1.66. The number of rotatable bonds is 4. The first-order valence-corrected chi connectivity index (χ1v) is 8.27. The maximum atomic E-state index is 12.6. The van der Waals surface area contributed by atoms with Crippen LogP contribution >= 0.6 is 0 Å². The van der Waals surface area contributed by atoms with Gasteiger partial charge in [-0.2, -0.15) is 0 Å². The smallest absolute Gasteiger partial charge is 0.250 e. The number of amides is 1. The Morgan fingerprint density at radius 3 is 2.91 bits per heavy atom. The third kappa shape index (κ3) is 3.48. The van der Waals surface area contributed by atoms with Crippen molar-refractivity contribution in [1.82, 2.24) is 9.47 Å². The third-order valence-electron chi connectivity index (χ3n) is 4.77. The number of nitrogens with zero attached hydrogens (tertiary/aromatic N) is 2. The highest BCUT2D eigenvalue weighted by molar-refractivity contribution is 5.79. The molecular formula is C17H24N2O4. The predicted molar refractivity (Wildman–Crippen MR) is 85.5 cm³/mol. The first kappa shape index (κ1) is 16.2. The third-order valence-corrected chi connectivity index (χ3v) is 4.77. The standard InChI is InChI=1S/C17H24N2O4/c1-22-11-9-19-15-5-8-18(17(21)14-6-10-23-12-14)7-4-13(15)2-3-16(19)20/h2-3,14H,4-12H2,1H3. The number of ether oxygens (including phenoxy) is 2. The van der Waals surface area contributed by atoms with Gasteiger partial charge < -0.3 is 18.9 Å².